The van der Waals surface area contributed by atoms with E-state index in [9.17, 15) is 4.79 Å². The number of nitrogens with one attached hydrogen (secondary N) is 1. The van der Waals surface area contributed by atoms with Gasteiger partial charge in [0, 0.05) is 18.4 Å². The maximum Gasteiger partial charge on any atom is 0.222 e. The van der Waals surface area contributed by atoms with Crippen LogP contribution in [0.4, 0.5) is 0 Å². The lowest BCUT2D eigenvalue weighted by molar-refractivity contribution is -0.124. The Labute approximate surface area is 152 Å². The number of amides is 1. The zero-order valence-corrected chi connectivity index (χ0v) is 16.3. The molecule has 0 rings (SSSR count). The highest BCUT2D eigenvalue weighted by molar-refractivity contribution is 5.78. The van der Waals surface area contributed by atoms with E-state index < -0.39 is 0 Å². The van der Waals surface area contributed by atoms with Gasteiger partial charge in [-0.3, -0.25) is 4.79 Å². The van der Waals surface area contributed by atoms with E-state index in [4.69, 9.17) is 18.9 Å². The highest BCUT2D eigenvalue weighted by Crippen LogP contribution is 1.98. The van der Waals surface area contributed by atoms with E-state index >= 15 is 0 Å². The molecule has 0 aromatic heterocycles. The van der Waals surface area contributed by atoms with Crippen LogP contribution < -0.4 is 5.32 Å². The first-order valence-electron chi connectivity index (χ1n) is 9.15. The average Bonchev–Trinajstić information content (AvgIpc) is 2.60. The number of hydrogen-bond donors (Lipinski definition) is 1. The molecular formula is C19H35NO5. The number of hydrogen-bond acceptors (Lipinski definition) is 5. The molecule has 1 unspecified atom stereocenters. The predicted octanol–water partition coefficient (Wildman–Crippen LogP) is 1.87. The van der Waals surface area contributed by atoms with Crippen molar-refractivity contribution in [2.45, 2.75) is 34.1 Å². The van der Waals surface area contributed by atoms with Crippen LogP contribution in [0.2, 0.25) is 0 Å². The fraction of sp³-hybridized carbons (Fsp3) is 0.842. The van der Waals surface area contributed by atoms with Crippen molar-refractivity contribution in [2.75, 3.05) is 59.4 Å². The normalized spacial score (nSPS) is 11.9. The molecule has 1 amide bonds. The van der Waals surface area contributed by atoms with E-state index in [2.05, 4.69) is 17.2 Å². The van der Waals surface area contributed by atoms with E-state index in [1.165, 1.54) is 0 Å². The van der Waals surface area contributed by atoms with Crippen molar-refractivity contribution in [2.24, 2.45) is 11.8 Å². The standard InChI is InChI=1S/C19H35NO5/c1-5-18(4)19(21)20-8-10-23-12-14-25-16-15-24-13-11-22-9-6-7-17(2)3/h17-18H,5,8-16H2,1-4H3,(H,20,21). The van der Waals surface area contributed by atoms with Gasteiger partial charge >= 0.3 is 0 Å². The van der Waals surface area contributed by atoms with E-state index in [-0.39, 0.29) is 11.8 Å². The molecule has 0 saturated heterocycles. The van der Waals surface area contributed by atoms with Crippen LogP contribution in [-0.2, 0) is 23.7 Å². The Bertz CT molecular complexity index is 376. The summed E-state index contributed by atoms with van der Waals surface area (Å²) in [5.74, 6) is 6.50. The molecule has 6 heteroatoms. The second kappa shape index (κ2) is 17.7. The third kappa shape index (κ3) is 17.5. The van der Waals surface area contributed by atoms with Crippen molar-refractivity contribution in [1.82, 2.24) is 5.32 Å². The molecule has 0 spiro atoms. The van der Waals surface area contributed by atoms with Crippen LogP contribution in [0.15, 0.2) is 0 Å². The van der Waals surface area contributed by atoms with Gasteiger partial charge < -0.3 is 24.3 Å². The summed E-state index contributed by atoms with van der Waals surface area (Å²) in [6, 6.07) is 0. The van der Waals surface area contributed by atoms with Crippen molar-refractivity contribution >= 4 is 5.91 Å². The van der Waals surface area contributed by atoms with Crippen molar-refractivity contribution in [3.8, 4) is 11.8 Å². The Kier molecular flexibility index (Phi) is 16.9. The van der Waals surface area contributed by atoms with Crippen molar-refractivity contribution in [1.29, 1.82) is 0 Å². The smallest absolute Gasteiger partial charge is 0.222 e. The molecule has 1 atom stereocenters. The lowest BCUT2D eigenvalue weighted by Gasteiger charge is -2.10. The van der Waals surface area contributed by atoms with Gasteiger partial charge in [0.2, 0.25) is 5.91 Å². The quantitative estimate of drug-likeness (QED) is 0.358. The van der Waals surface area contributed by atoms with Gasteiger partial charge in [0.15, 0.2) is 0 Å². The molecule has 0 bridgehead atoms. The van der Waals surface area contributed by atoms with Crippen LogP contribution in [0.25, 0.3) is 0 Å². The second-order valence-corrected chi connectivity index (χ2v) is 5.97. The summed E-state index contributed by atoms with van der Waals surface area (Å²) in [5.41, 5.74) is 0. The Morgan fingerprint density at radius 1 is 0.880 bits per heavy atom. The molecule has 0 aromatic carbocycles. The summed E-state index contributed by atoms with van der Waals surface area (Å²) < 4.78 is 21.5. The molecule has 0 saturated carbocycles. The van der Waals surface area contributed by atoms with Crippen LogP contribution >= 0.6 is 0 Å². The lowest BCUT2D eigenvalue weighted by atomic mass is 10.1. The molecular weight excluding hydrogens is 322 g/mol. The zero-order chi connectivity index (χ0) is 18.8. The molecule has 0 aliphatic carbocycles. The summed E-state index contributed by atoms with van der Waals surface area (Å²) in [7, 11) is 0. The third-order valence-electron chi connectivity index (χ3n) is 3.29. The first kappa shape index (κ1) is 23.9. The minimum Gasteiger partial charge on any atom is -0.377 e. The van der Waals surface area contributed by atoms with E-state index in [1.54, 1.807) is 0 Å². The van der Waals surface area contributed by atoms with Gasteiger partial charge in [-0.15, -0.1) is 0 Å². The largest absolute Gasteiger partial charge is 0.377 e. The van der Waals surface area contributed by atoms with Gasteiger partial charge in [0.05, 0.1) is 46.2 Å². The number of carbonyl (C=O) groups excluding carboxylic acids is 1. The summed E-state index contributed by atoms with van der Waals surface area (Å²) in [4.78, 5) is 11.5. The van der Waals surface area contributed by atoms with Crippen molar-refractivity contribution in [3.05, 3.63) is 0 Å². The molecule has 0 aliphatic heterocycles. The van der Waals surface area contributed by atoms with Crippen LogP contribution in [0, 0.1) is 23.7 Å². The highest BCUT2D eigenvalue weighted by atomic mass is 16.6. The van der Waals surface area contributed by atoms with Crippen molar-refractivity contribution in [3.63, 3.8) is 0 Å². The van der Waals surface area contributed by atoms with Crippen molar-refractivity contribution < 1.29 is 23.7 Å². The lowest BCUT2D eigenvalue weighted by Crippen LogP contribution is -2.31. The molecule has 146 valence electrons. The van der Waals surface area contributed by atoms with Gasteiger partial charge in [0.1, 0.15) is 6.61 Å². The van der Waals surface area contributed by atoms with E-state index in [0.717, 1.165) is 6.42 Å². The molecule has 6 nitrogen and oxygen atoms in total. The zero-order valence-electron chi connectivity index (χ0n) is 16.3. The predicted molar refractivity (Wildman–Crippen MR) is 98.4 cm³/mol. The maximum absolute atomic E-state index is 11.5. The number of ether oxygens (including phenoxy) is 4. The fourth-order valence-corrected chi connectivity index (χ4v) is 1.63. The Balaban J connectivity index is 3.17. The van der Waals surface area contributed by atoms with Gasteiger partial charge in [-0.1, -0.05) is 39.5 Å². The molecule has 0 heterocycles. The molecule has 0 fully saturated rings. The number of carbonyl (C=O) groups is 1. The molecule has 0 aromatic rings. The second-order valence-electron chi connectivity index (χ2n) is 5.97. The summed E-state index contributed by atoms with van der Waals surface area (Å²) in [6.07, 6.45) is 0.848. The highest BCUT2D eigenvalue weighted by Gasteiger charge is 2.08. The van der Waals surface area contributed by atoms with Gasteiger partial charge in [-0.2, -0.15) is 0 Å². The van der Waals surface area contributed by atoms with Gasteiger partial charge in [0.25, 0.3) is 0 Å². The van der Waals surface area contributed by atoms with Crippen LogP contribution in [0.3, 0.4) is 0 Å². The Hall–Kier alpha value is -1.13. The number of rotatable bonds is 15. The van der Waals surface area contributed by atoms with Gasteiger partial charge in [-0.25, -0.2) is 0 Å². The van der Waals surface area contributed by atoms with Crippen LogP contribution in [-0.4, -0.2) is 65.3 Å². The van der Waals surface area contributed by atoms with Crippen LogP contribution in [0.5, 0.6) is 0 Å². The summed E-state index contributed by atoms with van der Waals surface area (Å²) >= 11 is 0. The molecule has 1 N–H and O–H groups in total. The average molecular weight is 357 g/mol. The minimum atomic E-state index is 0.0571. The molecule has 0 radical (unpaired) electrons. The molecule has 0 aliphatic rings. The topological polar surface area (TPSA) is 66.0 Å². The Morgan fingerprint density at radius 2 is 1.40 bits per heavy atom. The first-order chi connectivity index (χ1) is 12.1. The molecule has 25 heavy (non-hydrogen) atoms. The Morgan fingerprint density at radius 3 is 1.92 bits per heavy atom. The van der Waals surface area contributed by atoms with Gasteiger partial charge in [-0.05, 0) is 6.42 Å². The van der Waals surface area contributed by atoms with E-state index in [0.29, 0.717) is 65.3 Å². The van der Waals surface area contributed by atoms with Crippen LogP contribution in [0.1, 0.15) is 34.1 Å². The summed E-state index contributed by atoms with van der Waals surface area (Å²) in [6.45, 7) is 12.7. The monoisotopic (exact) mass is 357 g/mol. The maximum atomic E-state index is 11.5. The fourth-order valence-electron chi connectivity index (χ4n) is 1.63. The minimum absolute atomic E-state index is 0.0571. The third-order valence-corrected chi connectivity index (χ3v) is 3.29. The first-order valence-corrected chi connectivity index (χ1v) is 9.15. The SMILES string of the molecule is CCC(C)C(=O)NCCOCCOCCOCCOCC#CC(C)C. The summed E-state index contributed by atoms with van der Waals surface area (Å²) in [5, 5.41) is 2.84. The van der Waals surface area contributed by atoms with E-state index in [1.807, 2.05) is 27.7 Å².